The number of halogens is 3. The van der Waals surface area contributed by atoms with Crippen LogP contribution in [0.5, 0.6) is 0 Å². The van der Waals surface area contributed by atoms with Crippen LogP contribution in [0.2, 0.25) is 10.0 Å². The van der Waals surface area contributed by atoms with Crippen LogP contribution in [-0.4, -0.2) is 13.2 Å². The summed E-state index contributed by atoms with van der Waals surface area (Å²) in [5.41, 5.74) is 0.806. The second kappa shape index (κ2) is 4.37. The maximum Gasteiger partial charge on any atom is 0.185 e. The van der Waals surface area contributed by atoms with E-state index in [1.807, 2.05) is 6.07 Å². The molecule has 1 aromatic carbocycles. The van der Waals surface area contributed by atoms with Gasteiger partial charge in [0.2, 0.25) is 0 Å². The molecule has 1 aliphatic rings. The normalized spacial score (nSPS) is 17.6. The van der Waals surface area contributed by atoms with E-state index >= 15 is 0 Å². The number of rotatable bonds is 1. The van der Waals surface area contributed by atoms with E-state index in [1.54, 1.807) is 6.07 Å². The van der Waals surface area contributed by atoms with Gasteiger partial charge in [-0.2, -0.15) is 0 Å². The predicted molar refractivity (Wildman–Crippen MR) is 58.8 cm³/mol. The molecule has 1 aromatic rings. The van der Waals surface area contributed by atoms with Crippen molar-refractivity contribution in [3.8, 4) is 0 Å². The van der Waals surface area contributed by atoms with Gasteiger partial charge in [0.1, 0.15) is 0 Å². The molecule has 5 heteroatoms. The second-order valence-corrected chi connectivity index (χ2v) is 4.53. The molecular formula is C9H7BrCl2O2. The Morgan fingerprint density at radius 2 is 1.79 bits per heavy atom. The van der Waals surface area contributed by atoms with Crippen molar-refractivity contribution in [2.75, 3.05) is 13.2 Å². The standard InChI is InChI=1S/C9H7BrCl2O2/c10-6-3-5(7(11)4-8(6)12)9-13-1-2-14-9/h3-4,9H,1-2H2. The molecule has 14 heavy (non-hydrogen) atoms. The Balaban J connectivity index is 2.37. The number of hydrogen-bond donors (Lipinski definition) is 0. The lowest BCUT2D eigenvalue weighted by Crippen LogP contribution is -1.99. The quantitative estimate of drug-likeness (QED) is 0.734. The van der Waals surface area contributed by atoms with Crippen LogP contribution < -0.4 is 0 Å². The van der Waals surface area contributed by atoms with Crippen LogP contribution in [0.25, 0.3) is 0 Å². The Bertz CT molecular complexity index is 351. The monoisotopic (exact) mass is 296 g/mol. The van der Waals surface area contributed by atoms with Gasteiger partial charge >= 0.3 is 0 Å². The maximum absolute atomic E-state index is 6.02. The van der Waals surface area contributed by atoms with Crippen molar-refractivity contribution < 1.29 is 9.47 Å². The van der Waals surface area contributed by atoms with Crippen molar-refractivity contribution in [2.24, 2.45) is 0 Å². The Morgan fingerprint density at radius 1 is 1.14 bits per heavy atom. The van der Waals surface area contributed by atoms with Crippen LogP contribution in [0.3, 0.4) is 0 Å². The van der Waals surface area contributed by atoms with Gasteiger partial charge in [-0.3, -0.25) is 0 Å². The molecule has 0 spiro atoms. The third-order valence-corrected chi connectivity index (χ3v) is 3.44. The molecule has 0 atom stereocenters. The van der Waals surface area contributed by atoms with Gasteiger partial charge in [-0.1, -0.05) is 23.2 Å². The van der Waals surface area contributed by atoms with E-state index < -0.39 is 0 Å². The largest absolute Gasteiger partial charge is 0.346 e. The molecule has 0 N–H and O–H groups in total. The highest BCUT2D eigenvalue weighted by molar-refractivity contribution is 9.10. The lowest BCUT2D eigenvalue weighted by molar-refractivity contribution is -0.0440. The zero-order chi connectivity index (χ0) is 10.1. The predicted octanol–water partition coefficient (Wildman–Crippen LogP) is 3.80. The molecule has 0 saturated carbocycles. The van der Waals surface area contributed by atoms with Crippen molar-refractivity contribution in [3.05, 3.63) is 32.2 Å². The van der Waals surface area contributed by atoms with Crippen molar-refractivity contribution >= 4 is 39.1 Å². The smallest absolute Gasteiger partial charge is 0.185 e. The van der Waals surface area contributed by atoms with E-state index in [1.165, 1.54) is 0 Å². The average Bonchev–Trinajstić information content (AvgIpc) is 2.64. The summed E-state index contributed by atoms with van der Waals surface area (Å²) in [6, 6.07) is 3.49. The molecule has 0 bridgehead atoms. The molecular weight excluding hydrogens is 291 g/mol. The highest BCUT2D eigenvalue weighted by Crippen LogP contribution is 2.35. The number of ether oxygens (including phenoxy) is 2. The fourth-order valence-corrected chi connectivity index (χ4v) is 2.09. The molecule has 1 saturated heterocycles. The first kappa shape index (κ1) is 10.7. The molecule has 0 radical (unpaired) electrons. The Labute approximate surface area is 100 Å². The molecule has 1 heterocycles. The Hall–Kier alpha value is 0.200. The summed E-state index contributed by atoms with van der Waals surface area (Å²) in [4.78, 5) is 0. The van der Waals surface area contributed by atoms with E-state index in [-0.39, 0.29) is 6.29 Å². The highest BCUT2D eigenvalue weighted by Gasteiger charge is 2.21. The van der Waals surface area contributed by atoms with Crippen LogP contribution in [0, 0.1) is 0 Å². The first-order valence-electron chi connectivity index (χ1n) is 4.06. The summed E-state index contributed by atoms with van der Waals surface area (Å²) in [6.45, 7) is 1.20. The van der Waals surface area contributed by atoms with E-state index in [2.05, 4.69) is 15.9 Å². The van der Waals surface area contributed by atoms with Gasteiger partial charge < -0.3 is 9.47 Å². The zero-order valence-electron chi connectivity index (χ0n) is 7.10. The summed E-state index contributed by atoms with van der Waals surface area (Å²) >= 11 is 15.2. The first-order valence-corrected chi connectivity index (χ1v) is 5.61. The number of benzene rings is 1. The van der Waals surface area contributed by atoms with Crippen LogP contribution in [0.4, 0.5) is 0 Å². The van der Waals surface area contributed by atoms with Gasteiger partial charge in [0.25, 0.3) is 0 Å². The minimum absolute atomic E-state index is 0.365. The highest BCUT2D eigenvalue weighted by atomic mass is 79.9. The molecule has 0 aliphatic carbocycles. The van der Waals surface area contributed by atoms with Gasteiger partial charge in [-0.25, -0.2) is 0 Å². The third-order valence-electron chi connectivity index (χ3n) is 1.92. The lowest BCUT2D eigenvalue weighted by Gasteiger charge is -2.12. The molecule has 0 amide bonds. The molecule has 2 nitrogen and oxygen atoms in total. The molecule has 76 valence electrons. The molecule has 1 aliphatic heterocycles. The second-order valence-electron chi connectivity index (χ2n) is 2.86. The molecule has 0 unspecified atom stereocenters. The minimum atomic E-state index is -0.365. The lowest BCUT2D eigenvalue weighted by atomic mass is 10.2. The summed E-state index contributed by atoms with van der Waals surface area (Å²) < 4.78 is 11.5. The van der Waals surface area contributed by atoms with Crippen LogP contribution >= 0.6 is 39.1 Å². The van der Waals surface area contributed by atoms with Gasteiger partial charge in [0.15, 0.2) is 6.29 Å². The maximum atomic E-state index is 6.02. The number of hydrogen-bond acceptors (Lipinski definition) is 2. The molecule has 1 fully saturated rings. The third kappa shape index (κ3) is 2.07. The average molecular weight is 298 g/mol. The van der Waals surface area contributed by atoms with Crippen LogP contribution in [0.15, 0.2) is 16.6 Å². The summed E-state index contributed by atoms with van der Waals surface area (Å²) in [5.74, 6) is 0. The summed E-state index contributed by atoms with van der Waals surface area (Å²) in [7, 11) is 0. The fraction of sp³-hybridized carbons (Fsp3) is 0.333. The van der Waals surface area contributed by atoms with Crippen molar-refractivity contribution in [1.82, 2.24) is 0 Å². The van der Waals surface area contributed by atoms with E-state index in [4.69, 9.17) is 32.7 Å². The van der Waals surface area contributed by atoms with E-state index in [9.17, 15) is 0 Å². The topological polar surface area (TPSA) is 18.5 Å². The molecule has 0 aromatic heterocycles. The van der Waals surface area contributed by atoms with Gasteiger partial charge in [-0.05, 0) is 28.1 Å². The van der Waals surface area contributed by atoms with Gasteiger partial charge in [0.05, 0.1) is 23.3 Å². The van der Waals surface area contributed by atoms with E-state index in [0.717, 1.165) is 10.0 Å². The zero-order valence-corrected chi connectivity index (χ0v) is 10.2. The van der Waals surface area contributed by atoms with Crippen LogP contribution in [-0.2, 0) is 9.47 Å². The first-order chi connectivity index (χ1) is 6.68. The fourth-order valence-electron chi connectivity index (χ4n) is 1.26. The van der Waals surface area contributed by atoms with Crippen molar-refractivity contribution in [3.63, 3.8) is 0 Å². The summed E-state index contributed by atoms with van der Waals surface area (Å²) in [6.07, 6.45) is -0.365. The van der Waals surface area contributed by atoms with Crippen LogP contribution in [0.1, 0.15) is 11.9 Å². The Kier molecular flexibility index (Phi) is 3.34. The Morgan fingerprint density at radius 3 is 2.43 bits per heavy atom. The summed E-state index contributed by atoms with van der Waals surface area (Å²) in [5, 5.41) is 1.14. The SMILES string of the molecule is Clc1cc(Cl)c(C2OCCO2)cc1Br. The van der Waals surface area contributed by atoms with Crippen molar-refractivity contribution in [2.45, 2.75) is 6.29 Å². The van der Waals surface area contributed by atoms with E-state index in [0.29, 0.717) is 23.3 Å². The molecule has 2 rings (SSSR count). The van der Waals surface area contributed by atoms with Gasteiger partial charge in [-0.15, -0.1) is 0 Å². The minimum Gasteiger partial charge on any atom is -0.346 e. The van der Waals surface area contributed by atoms with Gasteiger partial charge in [0, 0.05) is 10.0 Å². The van der Waals surface area contributed by atoms with Crippen molar-refractivity contribution in [1.29, 1.82) is 0 Å².